The zero-order chi connectivity index (χ0) is 55.8. The van der Waals surface area contributed by atoms with Gasteiger partial charge in [-0.25, -0.2) is 0 Å². The van der Waals surface area contributed by atoms with Crippen molar-refractivity contribution in [3.05, 3.63) is 161 Å². The van der Waals surface area contributed by atoms with Crippen LogP contribution < -0.4 is 16.6 Å². The number of carbonyl (C=O) groups excluding carboxylic acids is 4. The number of H-pyrrole nitrogens is 1. The topological polar surface area (TPSA) is 178 Å². The number of hydrogen-bond acceptors (Lipinski definition) is 8. The van der Waals surface area contributed by atoms with Crippen LogP contribution in [0.25, 0.3) is 22.2 Å². The second-order valence-electron chi connectivity index (χ2n) is 17.3. The zero-order valence-electron chi connectivity index (χ0n) is 47.0. The fourth-order valence-electron chi connectivity index (χ4n) is 8.63. The first-order valence-electron chi connectivity index (χ1n) is 26.4. The maximum absolute atomic E-state index is 12.3. The Balaban J connectivity index is 0.000000482. The van der Waals surface area contributed by atoms with Crippen LogP contribution in [0.5, 0.6) is 0 Å². The lowest BCUT2D eigenvalue weighted by Gasteiger charge is -2.26. The molecule has 9 rings (SSSR count). The van der Waals surface area contributed by atoms with Crippen LogP contribution in [0.15, 0.2) is 127 Å². The summed E-state index contributed by atoms with van der Waals surface area (Å²) in [6.45, 7) is 16.0. The van der Waals surface area contributed by atoms with Gasteiger partial charge in [-0.1, -0.05) is 165 Å². The Morgan fingerprint density at radius 2 is 0.932 bits per heavy atom. The van der Waals surface area contributed by atoms with Crippen LogP contribution in [-0.2, 0) is 33.6 Å². The van der Waals surface area contributed by atoms with Crippen molar-refractivity contribution in [3.8, 4) is 11.3 Å². The minimum Gasteiger partial charge on any atom is -0.481 e. The molecule has 6 aromatic rings. The largest absolute Gasteiger partial charge is 0.481 e. The number of Topliss-reactive ketones (excluding diaryl/α,β-unsaturated/α-hetero) is 2. The second kappa shape index (κ2) is 36.1. The molecule has 2 amide bonds. The number of aliphatic carboxylic acids is 1. The number of aromatic amines is 1. The first kappa shape index (κ1) is 65.1. The van der Waals surface area contributed by atoms with Crippen LogP contribution in [0.4, 0.5) is 5.69 Å². The minimum atomic E-state index is -0.827. The van der Waals surface area contributed by atoms with Gasteiger partial charge in [-0.05, 0) is 91.6 Å². The summed E-state index contributed by atoms with van der Waals surface area (Å²) in [6, 6.07) is 41.7. The van der Waals surface area contributed by atoms with Crippen LogP contribution in [0.2, 0.25) is 0 Å². The van der Waals surface area contributed by atoms with E-state index in [1.807, 2.05) is 162 Å². The quantitative estimate of drug-likeness (QED) is 0.0769. The van der Waals surface area contributed by atoms with E-state index in [0.29, 0.717) is 32.1 Å². The molecule has 0 saturated heterocycles. The van der Waals surface area contributed by atoms with Crippen molar-refractivity contribution in [2.75, 3.05) is 47.7 Å². The van der Waals surface area contributed by atoms with Gasteiger partial charge in [0.1, 0.15) is 0 Å². The maximum atomic E-state index is 12.3. The number of carboxylic acids is 1. The van der Waals surface area contributed by atoms with Crippen molar-refractivity contribution in [2.24, 2.45) is 17.7 Å². The van der Waals surface area contributed by atoms with Gasteiger partial charge in [0.25, 0.3) is 0 Å². The van der Waals surface area contributed by atoms with Crippen molar-refractivity contribution in [1.29, 1.82) is 0 Å². The van der Waals surface area contributed by atoms with Crippen LogP contribution in [0.1, 0.15) is 136 Å². The summed E-state index contributed by atoms with van der Waals surface area (Å²) in [4.78, 5) is 65.0. The van der Waals surface area contributed by atoms with Gasteiger partial charge in [0, 0.05) is 93.6 Å². The molecular formula is C62H88N6O6. The number of nitrogens with one attached hydrogen (secondary N) is 3. The molecule has 74 heavy (non-hydrogen) atoms. The van der Waals surface area contributed by atoms with Gasteiger partial charge in [-0.15, -0.1) is 0 Å². The van der Waals surface area contributed by atoms with Gasteiger partial charge >= 0.3 is 5.97 Å². The SMILES string of the molecule is CC.CC.CC.CC.CN(C)C(=O)CC1CC(=O)c2ccccc2C1.CN(C)C(=O)CC1Cc2ccccc2-c2[nH]c3ccccc3c21.CNC.NNc1ccccc1.O=C(O)CC1CC(=O)c2ccccc2C1. The number of anilines is 1. The smallest absolute Gasteiger partial charge is 0.303 e. The Bertz CT molecular complexity index is 2590. The molecule has 3 unspecified atom stereocenters. The molecule has 0 saturated carbocycles. The average Bonchev–Trinajstić information content (AvgIpc) is 3.82. The van der Waals surface area contributed by atoms with Gasteiger partial charge in [-0.3, -0.25) is 29.8 Å². The van der Waals surface area contributed by atoms with E-state index in [1.54, 1.807) is 23.9 Å². The van der Waals surface area contributed by atoms with Crippen molar-refractivity contribution < 1.29 is 29.1 Å². The van der Waals surface area contributed by atoms with Gasteiger partial charge in [0.15, 0.2) is 11.6 Å². The van der Waals surface area contributed by atoms with Gasteiger partial charge in [0.2, 0.25) is 11.8 Å². The van der Waals surface area contributed by atoms with E-state index in [0.717, 1.165) is 46.3 Å². The minimum absolute atomic E-state index is 0.0371. The number of nitrogens with zero attached hydrogens (tertiary/aromatic N) is 2. The van der Waals surface area contributed by atoms with Gasteiger partial charge in [0.05, 0.1) is 5.69 Å². The number of carbonyl (C=O) groups is 5. The van der Waals surface area contributed by atoms with E-state index < -0.39 is 5.97 Å². The van der Waals surface area contributed by atoms with Crippen LogP contribution in [0.3, 0.4) is 0 Å². The van der Waals surface area contributed by atoms with E-state index >= 15 is 0 Å². The Labute approximate surface area is 443 Å². The number of hydrazine groups is 1. The summed E-state index contributed by atoms with van der Waals surface area (Å²) in [5.74, 6) is 5.15. The molecule has 0 spiro atoms. The van der Waals surface area contributed by atoms with Crippen LogP contribution >= 0.6 is 0 Å². The molecule has 5 aromatic carbocycles. The first-order chi connectivity index (χ1) is 35.7. The fraction of sp³-hybridized carbons (Fsp3) is 0.403. The third-order valence-electron chi connectivity index (χ3n) is 11.8. The van der Waals surface area contributed by atoms with Crippen molar-refractivity contribution in [3.63, 3.8) is 0 Å². The predicted octanol–water partition coefficient (Wildman–Crippen LogP) is 12.7. The molecule has 1 aromatic heterocycles. The van der Waals surface area contributed by atoms with E-state index in [9.17, 15) is 24.0 Å². The highest BCUT2D eigenvalue weighted by molar-refractivity contribution is 5.99. The number of carboxylic acid groups (broad SMARTS) is 1. The molecule has 12 heteroatoms. The highest BCUT2D eigenvalue weighted by atomic mass is 16.4. The summed E-state index contributed by atoms with van der Waals surface area (Å²) >= 11 is 0. The van der Waals surface area contributed by atoms with Gasteiger partial charge < -0.3 is 30.6 Å². The number of rotatable bonds is 7. The molecule has 0 aliphatic heterocycles. The van der Waals surface area contributed by atoms with Crippen LogP contribution in [-0.4, -0.2) is 91.5 Å². The molecule has 1 heterocycles. The average molecular weight is 1010 g/mol. The van der Waals surface area contributed by atoms with Gasteiger partial charge in [-0.2, -0.15) is 0 Å². The summed E-state index contributed by atoms with van der Waals surface area (Å²) in [5, 5.41) is 12.7. The molecule has 3 atom stereocenters. The monoisotopic (exact) mass is 1010 g/mol. The standard InChI is InChI=1S/C20H20N2O.C14H17NO2.C12H12O3.C6H8N2.C2H7N.4C2H6/c1-22(2)18(23)12-14-11-13-7-3-4-8-15(13)20-19(14)16-9-5-6-10-17(16)21-20;1-15(2)14(17)9-10-7-11-5-3-4-6-12(11)13(16)8-10;13-11-6-8(7-12(14)15)5-9-3-1-2-4-10(9)11;7-8-6-4-2-1-3-5-6;1-3-2;4*1-2/h3-10,14,21H,11-12H2,1-2H3;3-6,10H,7-9H2,1-2H3;1-4,8H,5-7H2,(H,14,15);1-5,8H,7H2;3H,1-2H3;4*1-2H3. The second-order valence-corrected chi connectivity index (χ2v) is 17.3. The number of nitrogens with two attached hydrogens (primary N) is 1. The molecule has 6 N–H and O–H groups in total. The molecule has 402 valence electrons. The predicted molar refractivity (Wildman–Crippen MR) is 309 cm³/mol. The van der Waals surface area contributed by atoms with E-state index in [-0.39, 0.29) is 47.6 Å². The molecule has 0 fully saturated rings. The molecule has 3 aliphatic carbocycles. The number of fused-ring (bicyclic) bond motifs is 7. The molecule has 0 bridgehead atoms. The number of para-hydroxylation sites is 2. The number of aromatic nitrogens is 1. The molecule has 0 radical (unpaired) electrons. The molecule has 12 nitrogen and oxygen atoms in total. The summed E-state index contributed by atoms with van der Waals surface area (Å²) in [5.41, 5.74) is 13.4. The molecular weight excluding hydrogens is 925 g/mol. The summed E-state index contributed by atoms with van der Waals surface area (Å²) in [7, 11) is 10.9. The Kier molecular flexibility index (Phi) is 31.8. The lowest BCUT2D eigenvalue weighted by atomic mass is 9.79. The van der Waals surface area contributed by atoms with E-state index in [4.69, 9.17) is 10.9 Å². The Morgan fingerprint density at radius 1 is 0.541 bits per heavy atom. The Morgan fingerprint density at radius 3 is 1.38 bits per heavy atom. The maximum Gasteiger partial charge on any atom is 0.303 e. The number of benzene rings is 5. The third-order valence-corrected chi connectivity index (χ3v) is 11.8. The number of nitrogen functional groups attached to an aromatic ring is 1. The Hall–Kier alpha value is -6.89. The lowest BCUT2D eigenvalue weighted by Crippen LogP contribution is -2.28. The highest BCUT2D eigenvalue weighted by Gasteiger charge is 2.31. The first-order valence-corrected chi connectivity index (χ1v) is 26.4. The van der Waals surface area contributed by atoms with Crippen molar-refractivity contribution in [1.82, 2.24) is 20.1 Å². The normalized spacial score (nSPS) is 14.8. The van der Waals surface area contributed by atoms with E-state index in [2.05, 4.69) is 64.3 Å². The summed E-state index contributed by atoms with van der Waals surface area (Å²) in [6.07, 6.45) is 4.42. The summed E-state index contributed by atoms with van der Waals surface area (Å²) < 4.78 is 0. The zero-order valence-corrected chi connectivity index (χ0v) is 47.0. The van der Waals surface area contributed by atoms with Crippen molar-refractivity contribution in [2.45, 2.75) is 113 Å². The molecule has 3 aliphatic rings. The fourth-order valence-corrected chi connectivity index (χ4v) is 8.63. The number of hydrogen-bond donors (Lipinski definition) is 5. The lowest BCUT2D eigenvalue weighted by molar-refractivity contribution is -0.138. The van der Waals surface area contributed by atoms with Crippen molar-refractivity contribution >= 4 is 45.9 Å². The third kappa shape index (κ3) is 20.2. The number of amides is 2. The highest BCUT2D eigenvalue weighted by Crippen LogP contribution is 2.44. The number of ketones is 2. The van der Waals surface area contributed by atoms with Crippen LogP contribution in [0, 0.1) is 11.8 Å². The van der Waals surface area contributed by atoms with E-state index in [1.165, 1.54) is 27.8 Å².